The second-order valence-corrected chi connectivity index (χ2v) is 3.57. The van der Waals surface area contributed by atoms with Crippen LogP contribution in [0.4, 0.5) is 0 Å². The van der Waals surface area contributed by atoms with Gasteiger partial charge >= 0.3 is 5.97 Å². The summed E-state index contributed by atoms with van der Waals surface area (Å²) in [4.78, 5) is 11.5. The van der Waals surface area contributed by atoms with E-state index in [1.807, 2.05) is 34.9 Å². The third-order valence-corrected chi connectivity index (χ3v) is 2.61. The van der Waals surface area contributed by atoms with Crippen LogP contribution in [0.25, 0.3) is 16.6 Å². The zero-order valence-electron chi connectivity index (χ0n) is 8.06. The lowest BCUT2D eigenvalue weighted by Crippen LogP contribution is -2.20. The number of hydrogen-bond donors (Lipinski definition) is 0. The molecule has 0 radical (unpaired) electrons. The monoisotopic (exact) mass is 199 g/mol. The molecular weight excluding hydrogens is 190 g/mol. The summed E-state index contributed by atoms with van der Waals surface area (Å²) in [6.07, 6.45) is 0. The number of aromatic nitrogens is 1. The number of cyclic esters (lactones) is 1. The summed E-state index contributed by atoms with van der Waals surface area (Å²) >= 11 is 0. The second kappa shape index (κ2) is 2.73. The van der Waals surface area contributed by atoms with Crippen molar-refractivity contribution in [2.45, 2.75) is 0 Å². The van der Waals surface area contributed by atoms with Gasteiger partial charge in [-0.1, -0.05) is 24.8 Å². The predicted octanol–water partition coefficient (Wildman–Crippen LogP) is 2.28. The Bertz CT molecular complexity index is 580. The van der Waals surface area contributed by atoms with E-state index in [2.05, 4.69) is 6.58 Å². The van der Waals surface area contributed by atoms with Crippen molar-refractivity contribution in [1.82, 2.24) is 4.57 Å². The largest absolute Gasteiger partial charge is 0.455 e. The molecule has 0 fully saturated rings. The molecule has 0 saturated carbocycles. The number of carbonyl (C=O) groups excluding carboxylic acids is 1. The zero-order valence-corrected chi connectivity index (χ0v) is 8.06. The third-order valence-electron chi connectivity index (χ3n) is 2.61. The van der Waals surface area contributed by atoms with Crippen LogP contribution in [-0.4, -0.2) is 17.1 Å². The summed E-state index contributed by atoms with van der Waals surface area (Å²) < 4.78 is 6.85. The maximum absolute atomic E-state index is 11.5. The third kappa shape index (κ3) is 1.03. The van der Waals surface area contributed by atoms with Crippen LogP contribution in [0.5, 0.6) is 0 Å². The smallest absolute Gasteiger partial charge is 0.355 e. The molecule has 1 aromatic heterocycles. The van der Waals surface area contributed by atoms with Crippen molar-refractivity contribution in [3.05, 3.63) is 42.6 Å². The first-order chi connectivity index (χ1) is 7.27. The average molecular weight is 199 g/mol. The van der Waals surface area contributed by atoms with Gasteiger partial charge < -0.3 is 9.30 Å². The molecule has 3 nitrogen and oxygen atoms in total. The van der Waals surface area contributed by atoms with Crippen LogP contribution >= 0.6 is 0 Å². The molecule has 0 unspecified atom stereocenters. The number of hydrogen-bond acceptors (Lipinski definition) is 2. The lowest BCUT2D eigenvalue weighted by atomic mass is 10.2. The van der Waals surface area contributed by atoms with Gasteiger partial charge in [-0.15, -0.1) is 0 Å². The Hall–Kier alpha value is -2.03. The Morgan fingerprint density at radius 1 is 1.33 bits per heavy atom. The molecule has 15 heavy (non-hydrogen) atoms. The van der Waals surface area contributed by atoms with Crippen molar-refractivity contribution in [2.75, 3.05) is 6.61 Å². The second-order valence-electron chi connectivity index (χ2n) is 3.57. The van der Waals surface area contributed by atoms with Crippen LogP contribution in [0.1, 0.15) is 10.5 Å². The molecule has 2 heterocycles. The molecule has 0 atom stereocenters. The summed E-state index contributed by atoms with van der Waals surface area (Å²) in [5, 5.41) is 1.03. The number of ether oxygens (including phenoxy) is 1. The van der Waals surface area contributed by atoms with Gasteiger partial charge in [0.05, 0.1) is 11.2 Å². The van der Waals surface area contributed by atoms with Gasteiger partial charge in [-0.05, 0) is 12.1 Å². The molecule has 0 spiro atoms. The number of esters is 1. The van der Waals surface area contributed by atoms with E-state index in [4.69, 9.17) is 4.74 Å². The summed E-state index contributed by atoms with van der Waals surface area (Å²) in [5.74, 6) is -0.279. The van der Waals surface area contributed by atoms with Crippen LogP contribution in [0.2, 0.25) is 0 Å². The van der Waals surface area contributed by atoms with Gasteiger partial charge in [0.25, 0.3) is 0 Å². The molecule has 1 aliphatic heterocycles. The quantitative estimate of drug-likeness (QED) is 0.609. The highest BCUT2D eigenvalue weighted by Crippen LogP contribution is 2.26. The van der Waals surface area contributed by atoms with E-state index in [0.717, 1.165) is 16.6 Å². The highest BCUT2D eigenvalue weighted by Gasteiger charge is 2.23. The number of benzene rings is 1. The Kier molecular flexibility index (Phi) is 1.51. The number of fused-ring (bicyclic) bond motifs is 3. The van der Waals surface area contributed by atoms with Crippen LogP contribution in [-0.2, 0) is 4.74 Å². The van der Waals surface area contributed by atoms with Crippen LogP contribution in [0, 0.1) is 0 Å². The maximum atomic E-state index is 11.5. The van der Waals surface area contributed by atoms with E-state index in [-0.39, 0.29) is 12.6 Å². The number of nitrogens with zero attached hydrogens (tertiary/aromatic N) is 1. The molecule has 1 aromatic carbocycles. The lowest BCUT2D eigenvalue weighted by molar-refractivity contribution is 0.0521. The fourth-order valence-corrected chi connectivity index (χ4v) is 1.93. The van der Waals surface area contributed by atoms with Crippen LogP contribution in [0.3, 0.4) is 0 Å². The molecule has 74 valence electrons. The minimum absolute atomic E-state index is 0.268. The SMILES string of the molecule is C=C1COC(=O)c2cc3ccccc3n21. The van der Waals surface area contributed by atoms with Crippen molar-refractivity contribution in [3.8, 4) is 0 Å². The summed E-state index contributed by atoms with van der Waals surface area (Å²) in [5.41, 5.74) is 2.37. The van der Waals surface area contributed by atoms with Crippen molar-refractivity contribution >= 4 is 22.6 Å². The van der Waals surface area contributed by atoms with Gasteiger partial charge in [0.15, 0.2) is 0 Å². The highest BCUT2D eigenvalue weighted by molar-refractivity contribution is 5.99. The maximum Gasteiger partial charge on any atom is 0.355 e. The van der Waals surface area contributed by atoms with Crippen molar-refractivity contribution < 1.29 is 9.53 Å². The Balaban J connectivity index is 2.44. The molecule has 3 rings (SSSR count). The molecule has 1 aliphatic rings. The van der Waals surface area contributed by atoms with Gasteiger partial charge in [-0.3, -0.25) is 0 Å². The normalized spacial score (nSPS) is 15.2. The summed E-state index contributed by atoms with van der Waals surface area (Å²) in [6.45, 7) is 4.17. The topological polar surface area (TPSA) is 31.2 Å². The number of para-hydroxylation sites is 1. The van der Waals surface area contributed by atoms with Crippen LogP contribution in [0.15, 0.2) is 36.9 Å². The van der Waals surface area contributed by atoms with E-state index >= 15 is 0 Å². The lowest BCUT2D eigenvalue weighted by Gasteiger charge is -2.18. The van der Waals surface area contributed by atoms with E-state index in [9.17, 15) is 4.79 Å². The molecule has 0 N–H and O–H groups in total. The van der Waals surface area contributed by atoms with E-state index in [1.54, 1.807) is 0 Å². The van der Waals surface area contributed by atoms with Gasteiger partial charge in [-0.2, -0.15) is 0 Å². The first-order valence-electron chi connectivity index (χ1n) is 4.73. The molecule has 0 amide bonds. The molecule has 0 aliphatic carbocycles. The first kappa shape index (κ1) is 8.29. The van der Waals surface area contributed by atoms with E-state index in [1.165, 1.54) is 0 Å². The van der Waals surface area contributed by atoms with E-state index in [0.29, 0.717) is 5.69 Å². The summed E-state index contributed by atoms with van der Waals surface area (Å²) in [7, 11) is 0. The van der Waals surface area contributed by atoms with Crippen molar-refractivity contribution in [1.29, 1.82) is 0 Å². The fraction of sp³-hybridized carbons (Fsp3) is 0.0833. The van der Waals surface area contributed by atoms with Gasteiger partial charge in [0.1, 0.15) is 12.3 Å². The zero-order chi connectivity index (χ0) is 10.4. The Labute approximate surface area is 86.6 Å². The Morgan fingerprint density at radius 2 is 2.13 bits per heavy atom. The molecule has 0 bridgehead atoms. The first-order valence-corrected chi connectivity index (χ1v) is 4.73. The minimum Gasteiger partial charge on any atom is -0.455 e. The standard InChI is InChI=1S/C12H9NO2/c1-8-7-15-12(14)11-6-9-4-2-3-5-10(9)13(8)11/h2-6H,1,7H2. The van der Waals surface area contributed by atoms with E-state index < -0.39 is 0 Å². The predicted molar refractivity (Wildman–Crippen MR) is 57.6 cm³/mol. The van der Waals surface area contributed by atoms with Gasteiger partial charge in [0, 0.05) is 5.39 Å². The molecule has 3 heteroatoms. The molecular formula is C12H9NO2. The molecule has 0 saturated heterocycles. The number of carbonyl (C=O) groups is 1. The van der Waals surface area contributed by atoms with Gasteiger partial charge in [0.2, 0.25) is 0 Å². The Morgan fingerprint density at radius 3 is 3.00 bits per heavy atom. The highest BCUT2D eigenvalue weighted by atomic mass is 16.5. The minimum atomic E-state index is -0.279. The summed E-state index contributed by atoms with van der Waals surface area (Å²) in [6, 6.07) is 9.68. The van der Waals surface area contributed by atoms with Crippen LogP contribution < -0.4 is 0 Å². The average Bonchev–Trinajstić information content (AvgIpc) is 2.64. The molecule has 2 aromatic rings. The van der Waals surface area contributed by atoms with Crippen molar-refractivity contribution in [2.24, 2.45) is 0 Å². The fourth-order valence-electron chi connectivity index (χ4n) is 1.93. The van der Waals surface area contributed by atoms with Crippen molar-refractivity contribution in [3.63, 3.8) is 0 Å². The number of rotatable bonds is 0. The van der Waals surface area contributed by atoms with Gasteiger partial charge in [-0.25, -0.2) is 4.79 Å².